The lowest BCUT2D eigenvalue weighted by molar-refractivity contribution is -0.146. The van der Waals surface area contributed by atoms with Gasteiger partial charge in [-0.15, -0.1) is 0 Å². The standard InChI is InChI=1S/C29H27NO9/c1-35-21-10-8-19-9-12-24-27(22(19)15-21)20(14-26(32)39-24)17-37-25(31)13-11-23(28(33)36-2)30-29(34)38-16-18-6-4-3-5-7-18/h3-10,12,14-15,23H,11,13,16-17H2,1-2H3,(H,30,34). The summed E-state index contributed by atoms with van der Waals surface area (Å²) in [5.41, 5.74) is 0.998. The van der Waals surface area contributed by atoms with Crippen LogP contribution in [0.15, 0.2) is 75.9 Å². The van der Waals surface area contributed by atoms with Crippen LogP contribution < -0.4 is 15.7 Å². The van der Waals surface area contributed by atoms with Crippen molar-refractivity contribution in [2.45, 2.75) is 32.1 Å². The first-order valence-electron chi connectivity index (χ1n) is 12.1. The van der Waals surface area contributed by atoms with Crippen molar-refractivity contribution in [3.8, 4) is 5.75 Å². The van der Waals surface area contributed by atoms with Crippen LogP contribution in [-0.4, -0.2) is 38.3 Å². The molecule has 10 heteroatoms. The molecule has 0 bridgehead atoms. The molecule has 0 spiro atoms. The van der Waals surface area contributed by atoms with Gasteiger partial charge in [-0.3, -0.25) is 4.79 Å². The van der Waals surface area contributed by atoms with Gasteiger partial charge in [0.05, 0.1) is 14.2 Å². The lowest BCUT2D eigenvalue weighted by atomic mass is 10.0. The molecule has 0 radical (unpaired) electrons. The summed E-state index contributed by atoms with van der Waals surface area (Å²) < 4.78 is 26.0. The Morgan fingerprint density at radius 1 is 0.923 bits per heavy atom. The number of methoxy groups -OCH3 is 2. The van der Waals surface area contributed by atoms with E-state index in [1.54, 1.807) is 25.3 Å². The van der Waals surface area contributed by atoms with Gasteiger partial charge in [0.1, 0.15) is 30.6 Å². The lowest BCUT2D eigenvalue weighted by Gasteiger charge is -2.16. The highest BCUT2D eigenvalue weighted by Gasteiger charge is 2.24. The Balaban J connectivity index is 1.41. The van der Waals surface area contributed by atoms with Crippen molar-refractivity contribution in [3.05, 3.63) is 88.3 Å². The van der Waals surface area contributed by atoms with Crippen LogP contribution in [-0.2, 0) is 37.0 Å². The second-order valence-electron chi connectivity index (χ2n) is 8.60. The van der Waals surface area contributed by atoms with Crippen LogP contribution in [0.2, 0.25) is 0 Å². The minimum absolute atomic E-state index is 0.0161. The predicted octanol–water partition coefficient (Wildman–Crippen LogP) is 4.25. The molecule has 0 saturated carbocycles. The second-order valence-corrected chi connectivity index (χ2v) is 8.60. The van der Waals surface area contributed by atoms with Crippen LogP contribution in [0.5, 0.6) is 5.75 Å². The predicted molar refractivity (Wildman–Crippen MR) is 141 cm³/mol. The Bertz CT molecular complexity index is 1550. The summed E-state index contributed by atoms with van der Waals surface area (Å²) in [6.07, 6.45) is -1.11. The number of carbonyl (C=O) groups is 3. The second kappa shape index (κ2) is 12.6. The van der Waals surface area contributed by atoms with E-state index in [1.807, 2.05) is 42.5 Å². The largest absolute Gasteiger partial charge is 0.497 e. The molecule has 1 atom stereocenters. The quantitative estimate of drug-likeness (QED) is 0.138. The molecular formula is C29H27NO9. The Labute approximate surface area is 223 Å². The van der Waals surface area contributed by atoms with E-state index in [2.05, 4.69) is 5.32 Å². The van der Waals surface area contributed by atoms with E-state index in [0.29, 0.717) is 22.3 Å². The molecule has 10 nitrogen and oxygen atoms in total. The fourth-order valence-electron chi connectivity index (χ4n) is 4.08. The van der Waals surface area contributed by atoms with Crippen molar-refractivity contribution in [2.24, 2.45) is 0 Å². The topological polar surface area (TPSA) is 130 Å². The maximum Gasteiger partial charge on any atom is 0.408 e. The molecule has 0 saturated heterocycles. The Kier molecular flexibility index (Phi) is 8.78. The molecule has 0 fully saturated rings. The first-order chi connectivity index (χ1) is 18.9. The molecule has 0 aliphatic carbocycles. The number of ether oxygens (including phenoxy) is 4. The number of benzene rings is 3. The van der Waals surface area contributed by atoms with Crippen molar-refractivity contribution >= 4 is 39.8 Å². The van der Waals surface area contributed by atoms with Gasteiger partial charge < -0.3 is 28.7 Å². The van der Waals surface area contributed by atoms with Crippen LogP contribution in [0.4, 0.5) is 4.79 Å². The molecule has 1 amide bonds. The lowest BCUT2D eigenvalue weighted by Crippen LogP contribution is -2.42. The summed E-state index contributed by atoms with van der Waals surface area (Å²) in [4.78, 5) is 49.1. The molecule has 4 rings (SSSR count). The average molecular weight is 534 g/mol. The molecule has 0 aliphatic rings. The Hall–Kier alpha value is -4.86. The van der Waals surface area contributed by atoms with Gasteiger partial charge in [0.15, 0.2) is 0 Å². The van der Waals surface area contributed by atoms with Gasteiger partial charge in [-0.05, 0) is 41.0 Å². The molecule has 4 aromatic rings. The van der Waals surface area contributed by atoms with Gasteiger partial charge >= 0.3 is 23.7 Å². The number of amides is 1. The molecule has 1 unspecified atom stereocenters. The summed E-state index contributed by atoms with van der Waals surface area (Å²) in [6.45, 7) is -0.186. The summed E-state index contributed by atoms with van der Waals surface area (Å²) in [5.74, 6) is -0.748. The van der Waals surface area contributed by atoms with Gasteiger partial charge in [0, 0.05) is 23.4 Å². The van der Waals surface area contributed by atoms with Gasteiger partial charge in [0.2, 0.25) is 0 Å². The number of carbonyl (C=O) groups excluding carboxylic acids is 3. The van der Waals surface area contributed by atoms with Crippen molar-refractivity contribution in [2.75, 3.05) is 14.2 Å². The van der Waals surface area contributed by atoms with Crippen molar-refractivity contribution in [3.63, 3.8) is 0 Å². The van der Waals surface area contributed by atoms with Crippen LogP contribution in [0.1, 0.15) is 24.0 Å². The maximum absolute atomic E-state index is 12.6. The van der Waals surface area contributed by atoms with Gasteiger partial charge in [-0.25, -0.2) is 14.4 Å². The summed E-state index contributed by atoms with van der Waals surface area (Å²) >= 11 is 0. The summed E-state index contributed by atoms with van der Waals surface area (Å²) in [5, 5.41) is 4.69. The summed E-state index contributed by atoms with van der Waals surface area (Å²) in [7, 11) is 2.73. The molecular weight excluding hydrogens is 506 g/mol. The number of alkyl carbamates (subject to hydrolysis) is 1. The zero-order valence-corrected chi connectivity index (χ0v) is 21.4. The highest BCUT2D eigenvalue weighted by Crippen LogP contribution is 2.30. The minimum atomic E-state index is -1.12. The fraction of sp³-hybridized carbons (Fsp3) is 0.241. The van der Waals surface area contributed by atoms with Crippen LogP contribution >= 0.6 is 0 Å². The molecule has 1 N–H and O–H groups in total. The number of hydrogen-bond donors (Lipinski definition) is 1. The third kappa shape index (κ3) is 6.92. The van der Waals surface area contributed by atoms with Crippen molar-refractivity contribution in [1.82, 2.24) is 5.32 Å². The van der Waals surface area contributed by atoms with E-state index in [4.69, 9.17) is 23.4 Å². The fourth-order valence-corrected chi connectivity index (χ4v) is 4.08. The first-order valence-corrected chi connectivity index (χ1v) is 12.1. The van der Waals surface area contributed by atoms with Crippen molar-refractivity contribution < 1.29 is 37.7 Å². The molecule has 39 heavy (non-hydrogen) atoms. The Morgan fingerprint density at radius 2 is 1.69 bits per heavy atom. The third-order valence-electron chi connectivity index (χ3n) is 6.03. The minimum Gasteiger partial charge on any atom is -0.497 e. The molecule has 0 aliphatic heterocycles. The highest BCUT2D eigenvalue weighted by molar-refractivity contribution is 6.07. The van der Waals surface area contributed by atoms with E-state index < -0.39 is 29.7 Å². The number of nitrogens with one attached hydrogen (secondary N) is 1. The van der Waals surface area contributed by atoms with E-state index in [9.17, 15) is 19.2 Å². The zero-order chi connectivity index (χ0) is 27.8. The van der Waals surface area contributed by atoms with E-state index in [-0.39, 0.29) is 26.1 Å². The third-order valence-corrected chi connectivity index (χ3v) is 6.03. The average Bonchev–Trinajstić information content (AvgIpc) is 2.96. The number of hydrogen-bond acceptors (Lipinski definition) is 9. The Morgan fingerprint density at radius 3 is 2.44 bits per heavy atom. The molecule has 1 aromatic heterocycles. The van der Waals surface area contributed by atoms with Gasteiger partial charge in [0.25, 0.3) is 0 Å². The van der Waals surface area contributed by atoms with E-state index >= 15 is 0 Å². The normalized spacial score (nSPS) is 11.5. The molecule has 202 valence electrons. The van der Waals surface area contributed by atoms with Gasteiger partial charge in [-0.1, -0.05) is 42.5 Å². The molecule has 1 heterocycles. The first kappa shape index (κ1) is 27.2. The SMILES string of the molecule is COC(=O)C(CCC(=O)OCc1cc(=O)oc2ccc3ccc(OC)cc3c12)NC(=O)OCc1ccccc1. The number of esters is 2. The monoisotopic (exact) mass is 533 g/mol. The van der Waals surface area contributed by atoms with Crippen molar-refractivity contribution in [1.29, 1.82) is 0 Å². The maximum atomic E-state index is 12.6. The zero-order valence-electron chi connectivity index (χ0n) is 21.4. The summed E-state index contributed by atoms with van der Waals surface area (Å²) in [6, 6.07) is 18.2. The molecule has 3 aromatic carbocycles. The van der Waals surface area contributed by atoms with Crippen LogP contribution in [0.3, 0.4) is 0 Å². The number of fused-ring (bicyclic) bond motifs is 3. The number of rotatable bonds is 10. The highest BCUT2D eigenvalue weighted by atomic mass is 16.6. The van der Waals surface area contributed by atoms with E-state index in [0.717, 1.165) is 16.3 Å². The van der Waals surface area contributed by atoms with E-state index in [1.165, 1.54) is 13.2 Å². The smallest absolute Gasteiger partial charge is 0.408 e. The van der Waals surface area contributed by atoms with Gasteiger partial charge in [-0.2, -0.15) is 0 Å². The van der Waals surface area contributed by atoms with Crippen LogP contribution in [0, 0.1) is 0 Å². The van der Waals surface area contributed by atoms with Crippen LogP contribution in [0.25, 0.3) is 21.7 Å².